The number of pyridine rings is 1. The van der Waals surface area contributed by atoms with Crippen LogP contribution in [0, 0.1) is 13.8 Å². The van der Waals surface area contributed by atoms with Crippen molar-refractivity contribution >= 4 is 44.4 Å². The van der Waals surface area contributed by atoms with E-state index in [2.05, 4.69) is 126 Å². The van der Waals surface area contributed by atoms with Crippen molar-refractivity contribution < 1.29 is 4.74 Å². The summed E-state index contributed by atoms with van der Waals surface area (Å²) >= 11 is 0. The molecule has 0 unspecified atom stereocenters. The summed E-state index contributed by atoms with van der Waals surface area (Å²) in [7, 11) is 0. The number of fused-ring (bicyclic) bond motifs is 8. The van der Waals surface area contributed by atoms with E-state index in [4.69, 9.17) is 14.7 Å². The number of H-pyrrole nitrogens is 2. The number of allylic oxidation sites excluding steroid dienone is 4. The lowest BCUT2D eigenvalue weighted by atomic mass is 9.95. The predicted molar refractivity (Wildman–Crippen MR) is 279 cm³/mol. The van der Waals surface area contributed by atoms with Crippen molar-refractivity contribution in [2.45, 2.75) is 178 Å². The van der Waals surface area contributed by atoms with Crippen molar-refractivity contribution in [3.63, 3.8) is 0 Å². The van der Waals surface area contributed by atoms with Crippen LogP contribution >= 0.6 is 0 Å². The van der Waals surface area contributed by atoms with Crippen LogP contribution in [0.25, 0.3) is 66.6 Å². The molecular weight excluding hydrogens is 795 g/mol. The van der Waals surface area contributed by atoms with E-state index >= 15 is 0 Å². The predicted octanol–water partition coefficient (Wildman–Crippen LogP) is 17.3. The maximum atomic E-state index is 6.36. The van der Waals surface area contributed by atoms with Gasteiger partial charge < -0.3 is 14.7 Å². The zero-order valence-corrected chi connectivity index (χ0v) is 41.5. The molecule has 8 bridgehead atoms. The van der Waals surface area contributed by atoms with Gasteiger partial charge in [0.1, 0.15) is 5.75 Å². The van der Waals surface area contributed by atoms with Gasteiger partial charge in [-0.2, -0.15) is 0 Å². The van der Waals surface area contributed by atoms with Gasteiger partial charge in [-0.1, -0.05) is 130 Å². The molecule has 0 atom stereocenters. The Labute approximate surface area is 390 Å². The molecule has 2 aliphatic rings. The van der Waals surface area contributed by atoms with E-state index in [1.807, 2.05) is 12.4 Å². The van der Waals surface area contributed by atoms with Gasteiger partial charge in [0.05, 0.1) is 40.4 Å². The monoisotopic (exact) mass is 872 g/mol. The van der Waals surface area contributed by atoms with E-state index in [1.165, 1.54) is 128 Å². The number of unbranched alkanes of at least 4 members (excludes halogenated alkanes) is 13. The highest BCUT2D eigenvalue weighted by Gasteiger charge is 2.25. The Hall–Kier alpha value is -5.23. The molecule has 6 heteroatoms. The van der Waals surface area contributed by atoms with Crippen molar-refractivity contribution in [2.24, 2.45) is 0 Å². The fourth-order valence-electron chi connectivity index (χ4n) is 10.6. The number of ether oxygens (including phenoxy) is 1. The van der Waals surface area contributed by atoms with Gasteiger partial charge in [0.2, 0.25) is 0 Å². The summed E-state index contributed by atoms with van der Waals surface area (Å²) in [5.41, 5.74) is 23.1. The molecule has 0 saturated heterocycles. The summed E-state index contributed by atoms with van der Waals surface area (Å²) in [5.74, 6) is 0.924. The fourth-order valence-corrected chi connectivity index (χ4v) is 10.6. The SMILES string of the molecule is CCCCCCCCCCCCCCCCOc1ccc(-c2c3nc(cc4[nH]c(c(C)c4CC)c(-c4ccncc4)c4nc(cc5[nH]c2c(C)c5CC)C(CC)=C4C)C(CC)=C3C)cc1. The third-order valence-electron chi connectivity index (χ3n) is 14.4. The highest BCUT2D eigenvalue weighted by atomic mass is 16.5. The van der Waals surface area contributed by atoms with Crippen molar-refractivity contribution in [1.82, 2.24) is 24.9 Å². The number of aromatic nitrogens is 5. The smallest absolute Gasteiger partial charge is 0.119 e. The first-order chi connectivity index (χ1) is 31.7. The molecule has 4 aromatic heterocycles. The van der Waals surface area contributed by atoms with E-state index in [9.17, 15) is 0 Å². The van der Waals surface area contributed by atoms with Crippen LogP contribution < -0.4 is 4.74 Å². The normalized spacial score (nSPS) is 12.8. The van der Waals surface area contributed by atoms with E-state index in [0.717, 1.165) is 112 Å². The van der Waals surface area contributed by atoms with Gasteiger partial charge >= 0.3 is 0 Å². The van der Waals surface area contributed by atoms with Crippen LogP contribution in [-0.2, 0) is 12.8 Å². The first-order valence-electron chi connectivity index (χ1n) is 25.6. The first kappa shape index (κ1) is 47.7. The summed E-state index contributed by atoms with van der Waals surface area (Å²) in [6.07, 6.45) is 26.3. The zero-order chi connectivity index (χ0) is 45.9. The average molecular weight is 872 g/mol. The average Bonchev–Trinajstić information content (AvgIpc) is 4.01. The molecule has 0 radical (unpaired) electrons. The minimum Gasteiger partial charge on any atom is -0.494 e. The van der Waals surface area contributed by atoms with Crippen LogP contribution in [0.2, 0.25) is 0 Å². The van der Waals surface area contributed by atoms with Crippen molar-refractivity contribution in [1.29, 1.82) is 0 Å². The largest absolute Gasteiger partial charge is 0.494 e. The Bertz CT molecular complexity index is 2640. The molecule has 0 fully saturated rings. The summed E-state index contributed by atoms with van der Waals surface area (Å²) in [5, 5.41) is 0. The molecule has 6 heterocycles. The second-order valence-corrected chi connectivity index (χ2v) is 18.6. The minimum absolute atomic E-state index is 0.753. The highest BCUT2D eigenvalue weighted by molar-refractivity contribution is 6.03. The van der Waals surface area contributed by atoms with Crippen LogP contribution in [0.3, 0.4) is 0 Å². The molecule has 1 aromatic carbocycles. The van der Waals surface area contributed by atoms with Gasteiger partial charge in [-0.05, 0) is 152 Å². The van der Waals surface area contributed by atoms with Gasteiger partial charge in [0.25, 0.3) is 0 Å². The number of aromatic amines is 2. The maximum absolute atomic E-state index is 6.36. The van der Waals surface area contributed by atoms with Crippen molar-refractivity contribution in [3.05, 3.63) is 106 Å². The molecule has 7 rings (SSSR count). The van der Waals surface area contributed by atoms with Crippen molar-refractivity contribution in [2.75, 3.05) is 6.61 Å². The fraction of sp³-hybridized carbons (Fsp3) is 0.475. The van der Waals surface area contributed by atoms with Crippen LogP contribution in [0.15, 0.2) is 60.9 Å². The number of nitrogens with one attached hydrogen (secondary N) is 2. The molecule has 0 saturated carbocycles. The highest BCUT2D eigenvalue weighted by Crippen LogP contribution is 2.44. The molecule has 6 nitrogen and oxygen atoms in total. The lowest BCUT2D eigenvalue weighted by molar-refractivity contribution is 0.304. The Morgan fingerprint density at radius 2 is 0.892 bits per heavy atom. The minimum atomic E-state index is 0.753. The summed E-state index contributed by atoms with van der Waals surface area (Å²) in [4.78, 5) is 23.5. The lowest BCUT2D eigenvalue weighted by Gasteiger charge is -2.10. The summed E-state index contributed by atoms with van der Waals surface area (Å²) in [6.45, 7) is 21.1. The second kappa shape index (κ2) is 22.8. The molecule has 0 spiro atoms. The summed E-state index contributed by atoms with van der Waals surface area (Å²) in [6, 6.07) is 17.6. The van der Waals surface area contributed by atoms with Crippen molar-refractivity contribution in [3.8, 4) is 28.0 Å². The number of nitrogens with zero attached hydrogens (tertiary/aromatic N) is 3. The van der Waals surface area contributed by atoms with E-state index in [0.29, 0.717) is 0 Å². The zero-order valence-electron chi connectivity index (χ0n) is 41.5. The van der Waals surface area contributed by atoms with Crippen LogP contribution in [0.1, 0.15) is 196 Å². The first-order valence-corrected chi connectivity index (χ1v) is 25.6. The number of benzene rings is 1. The van der Waals surface area contributed by atoms with Crippen LogP contribution in [0.5, 0.6) is 5.75 Å². The Kier molecular flexibility index (Phi) is 16.7. The lowest BCUT2D eigenvalue weighted by Crippen LogP contribution is -1.97. The van der Waals surface area contributed by atoms with Crippen LogP contribution in [0.4, 0.5) is 0 Å². The van der Waals surface area contributed by atoms with E-state index in [1.54, 1.807) is 0 Å². The maximum Gasteiger partial charge on any atom is 0.119 e. The van der Waals surface area contributed by atoms with Gasteiger partial charge in [-0.25, -0.2) is 9.97 Å². The molecule has 0 amide bonds. The molecule has 2 N–H and O–H groups in total. The Morgan fingerprint density at radius 3 is 1.31 bits per heavy atom. The van der Waals surface area contributed by atoms with E-state index in [-0.39, 0.29) is 0 Å². The topological polar surface area (TPSA) is 79.5 Å². The third-order valence-corrected chi connectivity index (χ3v) is 14.4. The Balaban J connectivity index is 1.25. The van der Waals surface area contributed by atoms with Gasteiger partial charge in [0.15, 0.2) is 0 Å². The third kappa shape index (κ3) is 10.6. The number of rotatable bonds is 22. The second-order valence-electron chi connectivity index (χ2n) is 18.6. The van der Waals surface area contributed by atoms with E-state index < -0.39 is 0 Å². The molecule has 0 aliphatic carbocycles. The number of hydrogen-bond donors (Lipinski definition) is 2. The van der Waals surface area contributed by atoms with Crippen LogP contribution in [-0.4, -0.2) is 31.5 Å². The summed E-state index contributed by atoms with van der Waals surface area (Å²) < 4.78 is 6.36. The van der Waals surface area contributed by atoms with Gasteiger partial charge in [-0.15, -0.1) is 0 Å². The molecule has 65 heavy (non-hydrogen) atoms. The standard InChI is InChI=1S/C59H77N5O/c1-10-15-16-17-18-19-20-21-22-23-24-25-26-27-36-65-45-30-28-43(29-31-45)54-56-39(6)46(11-2)50(61-56)37-52-48(13-4)41(8)58(63-52)55(44-32-34-60-35-33-44)59-42(9)49(14-5)53(64-59)38-51-47(12-3)40(7)57(54)62-51/h28-35,37-38,61,64H,10-27,36H2,1-9H3. The van der Waals surface area contributed by atoms with Gasteiger partial charge in [0, 0.05) is 34.6 Å². The Morgan fingerprint density at radius 1 is 0.477 bits per heavy atom. The number of hydrogen-bond acceptors (Lipinski definition) is 4. The molecule has 344 valence electrons. The number of aryl methyl sites for hydroxylation is 4. The van der Waals surface area contributed by atoms with Gasteiger partial charge in [-0.3, -0.25) is 4.98 Å². The molecule has 5 aromatic rings. The molecule has 2 aliphatic heterocycles. The quantitative estimate of drug-likeness (QED) is 0.0679. The molecular formula is C59H77N5O.